The Morgan fingerprint density at radius 1 is 1.27 bits per heavy atom. The predicted octanol–water partition coefficient (Wildman–Crippen LogP) is 2.24. The number of benzene rings is 1. The minimum Gasteiger partial charge on any atom is -0.393 e. The first-order valence-electron chi connectivity index (χ1n) is 5.55. The minimum absolute atomic E-state index is 0.163. The van der Waals surface area contributed by atoms with Crippen molar-refractivity contribution >= 4 is 5.69 Å². The molecule has 2 nitrogen and oxygen atoms in total. The van der Waals surface area contributed by atoms with Gasteiger partial charge in [0.05, 0.1) is 6.10 Å². The van der Waals surface area contributed by atoms with E-state index in [1.807, 2.05) is 21.0 Å². The molecule has 1 aliphatic rings. The highest BCUT2D eigenvalue weighted by molar-refractivity contribution is 5.47. The van der Waals surface area contributed by atoms with Gasteiger partial charge in [-0.3, -0.25) is 0 Å². The molecule has 2 heteroatoms. The van der Waals surface area contributed by atoms with E-state index >= 15 is 0 Å². The van der Waals surface area contributed by atoms with Crippen LogP contribution in [0.25, 0.3) is 0 Å². The highest BCUT2D eigenvalue weighted by atomic mass is 16.3. The third-order valence-corrected chi connectivity index (χ3v) is 3.30. The van der Waals surface area contributed by atoms with E-state index in [1.54, 1.807) is 0 Å². The molecule has 1 aromatic carbocycles. The van der Waals surface area contributed by atoms with Crippen molar-refractivity contribution in [2.24, 2.45) is 5.92 Å². The summed E-state index contributed by atoms with van der Waals surface area (Å²) >= 11 is 0. The maximum absolute atomic E-state index is 9.46. The van der Waals surface area contributed by atoms with Gasteiger partial charge in [-0.25, -0.2) is 0 Å². The van der Waals surface area contributed by atoms with Gasteiger partial charge in [-0.2, -0.15) is 0 Å². The fraction of sp³-hybridized carbons (Fsp3) is 0.538. The third kappa shape index (κ3) is 2.15. The number of hydrogen-bond donors (Lipinski definition) is 1. The maximum atomic E-state index is 9.46. The summed E-state index contributed by atoms with van der Waals surface area (Å²) in [5.41, 5.74) is 2.60. The van der Waals surface area contributed by atoms with Crippen molar-refractivity contribution in [3.8, 4) is 0 Å². The summed E-state index contributed by atoms with van der Waals surface area (Å²) < 4.78 is 0. The van der Waals surface area contributed by atoms with Crippen molar-refractivity contribution in [2.45, 2.75) is 25.4 Å². The summed E-state index contributed by atoms with van der Waals surface area (Å²) in [6.45, 7) is 1.89. The Kier molecular flexibility index (Phi) is 2.70. The number of anilines is 1. The molecule has 0 amide bonds. The van der Waals surface area contributed by atoms with Gasteiger partial charge >= 0.3 is 0 Å². The Labute approximate surface area is 91.5 Å². The van der Waals surface area contributed by atoms with Crippen LogP contribution in [0.1, 0.15) is 24.8 Å². The molecule has 1 N–H and O–H groups in total. The lowest BCUT2D eigenvalue weighted by atomic mass is 10.1. The van der Waals surface area contributed by atoms with Crippen LogP contribution in [0, 0.1) is 5.92 Å². The highest BCUT2D eigenvalue weighted by Crippen LogP contribution is 2.49. The van der Waals surface area contributed by atoms with E-state index in [-0.39, 0.29) is 6.10 Å². The molecule has 0 aromatic heterocycles. The zero-order valence-electron chi connectivity index (χ0n) is 9.64. The summed E-state index contributed by atoms with van der Waals surface area (Å²) in [6, 6.07) is 8.66. The summed E-state index contributed by atoms with van der Waals surface area (Å²) in [5.74, 6) is 1.07. The molecule has 82 valence electrons. The Balaban J connectivity index is 2.06. The van der Waals surface area contributed by atoms with Gasteiger partial charge in [0, 0.05) is 19.8 Å². The molecule has 1 aliphatic carbocycles. The van der Waals surface area contributed by atoms with E-state index in [0.717, 1.165) is 6.42 Å². The van der Waals surface area contributed by atoms with Gasteiger partial charge in [0.15, 0.2) is 0 Å². The van der Waals surface area contributed by atoms with Gasteiger partial charge in [0.2, 0.25) is 0 Å². The van der Waals surface area contributed by atoms with E-state index in [2.05, 4.69) is 29.2 Å². The predicted molar refractivity (Wildman–Crippen MR) is 63.3 cm³/mol. The van der Waals surface area contributed by atoms with Crippen molar-refractivity contribution < 1.29 is 5.11 Å². The van der Waals surface area contributed by atoms with Crippen molar-refractivity contribution in [1.29, 1.82) is 0 Å². The normalized spacial score (nSPS) is 26.1. The maximum Gasteiger partial charge on any atom is 0.0546 e. The molecular weight excluding hydrogens is 186 g/mol. The summed E-state index contributed by atoms with van der Waals surface area (Å²) in [4.78, 5) is 2.10. The zero-order valence-corrected chi connectivity index (χ0v) is 9.64. The Morgan fingerprint density at radius 2 is 1.87 bits per heavy atom. The SMILES string of the molecule is C[C@H](O)[C@@H]1C[C@H]1c1ccc(N(C)C)cc1. The second kappa shape index (κ2) is 3.86. The quantitative estimate of drug-likeness (QED) is 0.818. The first kappa shape index (κ1) is 10.5. The van der Waals surface area contributed by atoms with E-state index < -0.39 is 0 Å². The minimum atomic E-state index is -0.163. The summed E-state index contributed by atoms with van der Waals surface area (Å²) in [6.07, 6.45) is 0.974. The van der Waals surface area contributed by atoms with Crippen LogP contribution in [0.15, 0.2) is 24.3 Å². The first-order chi connectivity index (χ1) is 7.09. The second-order valence-electron chi connectivity index (χ2n) is 4.73. The molecule has 1 saturated carbocycles. The largest absolute Gasteiger partial charge is 0.393 e. The standard InChI is InChI=1S/C13H19NO/c1-9(15)12-8-13(12)10-4-6-11(7-5-10)14(2)3/h4-7,9,12-13,15H,8H2,1-3H3/t9-,12-,13-/m0/s1. The van der Waals surface area contributed by atoms with Crippen LogP contribution in [0.3, 0.4) is 0 Å². The van der Waals surface area contributed by atoms with Gasteiger partial charge in [-0.1, -0.05) is 12.1 Å². The summed E-state index contributed by atoms with van der Waals surface area (Å²) in [5, 5.41) is 9.46. The molecule has 1 fully saturated rings. The lowest BCUT2D eigenvalue weighted by molar-refractivity contribution is 0.169. The smallest absolute Gasteiger partial charge is 0.0546 e. The second-order valence-corrected chi connectivity index (χ2v) is 4.73. The summed E-state index contributed by atoms with van der Waals surface area (Å²) in [7, 11) is 4.09. The van der Waals surface area contributed by atoms with Crippen LogP contribution in [0.2, 0.25) is 0 Å². The van der Waals surface area contributed by atoms with Crippen LogP contribution in [-0.4, -0.2) is 25.3 Å². The molecule has 3 atom stereocenters. The molecule has 0 aliphatic heterocycles. The van der Waals surface area contributed by atoms with Gasteiger partial charge < -0.3 is 10.0 Å². The molecule has 2 rings (SSSR count). The first-order valence-corrected chi connectivity index (χ1v) is 5.55. The molecule has 0 saturated heterocycles. The van der Waals surface area contributed by atoms with E-state index in [1.165, 1.54) is 11.3 Å². The molecule has 15 heavy (non-hydrogen) atoms. The number of aliphatic hydroxyl groups is 1. The average molecular weight is 205 g/mol. The van der Waals surface area contributed by atoms with Crippen molar-refractivity contribution in [1.82, 2.24) is 0 Å². The topological polar surface area (TPSA) is 23.5 Å². The monoisotopic (exact) mass is 205 g/mol. The van der Waals surface area contributed by atoms with Crippen LogP contribution in [-0.2, 0) is 0 Å². The highest BCUT2D eigenvalue weighted by Gasteiger charge is 2.41. The van der Waals surface area contributed by atoms with Crippen molar-refractivity contribution in [2.75, 3.05) is 19.0 Å². The van der Waals surface area contributed by atoms with Crippen LogP contribution >= 0.6 is 0 Å². The van der Waals surface area contributed by atoms with Crippen LogP contribution in [0.5, 0.6) is 0 Å². The number of aliphatic hydroxyl groups excluding tert-OH is 1. The van der Waals surface area contributed by atoms with E-state index in [9.17, 15) is 5.11 Å². The molecule has 0 bridgehead atoms. The number of hydrogen-bond acceptors (Lipinski definition) is 2. The van der Waals surface area contributed by atoms with Gasteiger partial charge in [0.1, 0.15) is 0 Å². The van der Waals surface area contributed by atoms with E-state index in [4.69, 9.17) is 0 Å². The zero-order chi connectivity index (χ0) is 11.0. The van der Waals surface area contributed by atoms with Crippen molar-refractivity contribution in [3.05, 3.63) is 29.8 Å². The molecule has 0 unspecified atom stereocenters. The fourth-order valence-electron chi connectivity index (χ4n) is 2.15. The third-order valence-electron chi connectivity index (χ3n) is 3.30. The van der Waals surface area contributed by atoms with Gasteiger partial charge in [0.25, 0.3) is 0 Å². The van der Waals surface area contributed by atoms with Crippen LogP contribution in [0.4, 0.5) is 5.69 Å². The average Bonchev–Trinajstić information content (AvgIpc) is 2.97. The van der Waals surface area contributed by atoms with Gasteiger partial charge in [-0.05, 0) is 42.9 Å². The van der Waals surface area contributed by atoms with Crippen molar-refractivity contribution in [3.63, 3.8) is 0 Å². The van der Waals surface area contributed by atoms with Gasteiger partial charge in [-0.15, -0.1) is 0 Å². The van der Waals surface area contributed by atoms with E-state index in [0.29, 0.717) is 11.8 Å². The Hall–Kier alpha value is -1.02. The molecule has 0 radical (unpaired) electrons. The molecular formula is C13H19NO. The van der Waals surface area contributed by atoms with Crippen LogP contribution < -0.4 is 4.90 Å². The Bertz CT molecular complexity index is 329. The lowest BCUT2D eigenvalue weighted by Crippen LogP contribution is -2.08. The number of nitrogens with zero attached hydrogens (tertiary/aromatic N) is 1. The molecule has 0 heterocycles. The number of rotatable bonds is 3. The molecule has 0 spiro atoms. The fourth-order valence-corrected chi connectivity index (χ4v) is 2.15. The Morgan fingerprint density at radius 3 is 2.27 bits per heavy atom. The molecule has 1 aromatic rings. The lowest BCUT2D eigenvalue weighted by Gasteiger charge is -2.12.